The molecule has 0 aromatic heterocycles. The van der Waals surface area contributed by atoms with Gasteiger partial charge in [-0.1, -0.05) is 0 Å². The first kappa shape index (κ1) is 19.3. The van der Waals surface area contributed by atoms with E-state index >= 15 is 0 Å². The second kappa shape index (κ2) is 10.7. The van der Waals surface area contributed by atoms with Crippen LogP contribution in [0.4, 0.5) is 26.3 Å². The molecule has 0 aliphatic carbocycles. The molecule has 0 aliphatic rings. The minimum atomic E-state index is -2.32. The van der Waals surface area contributed by atoms with E-state index in [2.05, 4.69) is 0 Å². The molecular weight excluding hydrogens is 387 g/mol. The van der Waals surface area contributed by atoms with Crippen LogP contribution in [0.15, 0.2) is 21.3 Å². The van der Waals surface area contributed by atoms with Crippen LogP contribution in [0.3, 0.4) is 0 Å². The summed E-state index contributed by atoms with van der Waals surface area (Å²) in [5.41, 5.74) is 0. The van der Waals surface area contributed by atoms with Crippen LogP contribution < -0.4 is 17.0 Å². The van der Waals surface area contributed by atoms with Crippen LogP contribution >= 0.6 is 15.9 Å². The van der Waals surface area contributed by atoms with E-state index in [0.717, 1.165) is 0 Å². The average Bonchev–Trinajstić information content (AvgIpc) is 1.88. The van der Waals surface area contributed by atoms with Crippen molar-refractivity contribution in [2.24, 2.45) is 0 Å². The predicted octanol–water partition coefficient (Wildman–Crippen LogP) is 0.989. The van der Waals surface area contributed by atoms with E-state index in [1.54, 1.807) is 0 Å². The summed E-state index contributed by atoms with van der Waals surface area (Å²) in [6.45, 7) is 0. The van der Waals surface area contributed by atoms with Gasteiger partial charge in [-0.25, -0.2) is 0 Å². The molecule has 0 bridgehead atoms. The maximum atomic E-state index is 11.0. The van der Waals surface area contributed by atoms with Crippen LogP contribution in [0.1, 0.15) is 0 Å². The third-order valence-corrected chi connectivity index (χ3v) is 1.21. The molecule has 0 spiro atoms. The Morgan fingerprint density at radius 1 is 0.846 bits per heavy atom. The summed E-state index contributed by atoms with van der Waals surface area (Å²) in [4.78, 5) is 0. The van der Waals surface area contributed by atoms with Crippen molar-refractivity contribution in [2.45, 2.75) is 0 Å². The second-order valence-corrected chi connectivity index (χ2v) is 3.18. The Morgan fingerprint density at radius 3 is 1.00 bits per heavy atom. The smallest absolute Gasteiger partial charge is 1.00 e. The summed E-state index contributed by atoms with van der Waals surface area (Å²) in [5, 5.41) is 0. The van der Waals surface area contributed by atoms with Crippen molar-refractivity contribution in [2.75, 3.05) is 0 Å². The zero-order valence-corrected chi connectivity index (χ0v) is 11.9. The van der Waals surface area contributed by atoms with E-state index < -0.39 is 21.3 Å². The number of hydrogen-bond donors (Lipinski definition) is 0. The molecular formula is C4Br2F6Zn. The largest absolute Gasteiger partial charge is 1.00 e. The molecule has 0 amide bonds. The molecule has 0 heterocycles. The molecule has 0 atom stereocenters. The molecule has 0 unspecified atom stereocenters. The molecule has 0 aromatic rings. The third-order valence-electron chi connectivity index (χ3n) is 0.348. The second-order valence-electron chi connectivity index (χ2n) is 1.19. The van der Waals surface area contributed by atoms with Crippen molar-refractivity contribution >= 4 is 15.9 Å². The monoisotopic (exact) mass is 384 g/mol. The molecule has 0 saturated heterocycles. The predicted molar refractivity (Wildman–Crippen MR) is 29.6 cm³/mol. The van der Waals surface area contributed by atoms with Crippen LogP contribution in [0.25, 0.3) is 0 Å². The Labute approximate surface area is 98.6 Å². The SMILES string of the molecule is FC(F)=C(F)Br.FC(F)=[C](F)[Zn+].[Br-]. The van der Waals surface area contributed by atoms with Gasteiger partial charge in [0.2, 0.25) is 4.74 Å². The number of hydrogen-bond acceptors (Lipinski definition) is 0. The molecule has 9 heteroatoms. The Morgan fingerprint density at radius 2 is 1.00 bits per heavy atom. The summed E-state index contributed by atoms with van der Waals surface area (Å²) in [6, 6.07) is 0. The van der Waals surface area contributed by atoms with E-state index in [9.17, 15) is 26.3 Å². The maximum Gasteiger partial charge on any atom is -1.00 e. The van der Waals surface area contributed by atoms with Crippen molar-refractivity contribution in [3.8, 4) is 0 Å². The van der Waals surface area contributed by atoms with Crippen LogP contribution in [0.5, 0.6) is 0 Å². The zero-order chi connectivity index (χ0) is 10.3. The molecule has 0 N–H and O–H groups in total. The first-order chi connectivity index (χ1) is 5.29. The van der Waals surface area contributed by atoms with Crippen LogP contribution in [-0.2, 0) is 18.3 Å². The summed E-state index contributed by atoms with van der Waals surface area (Å²) in [7, 11) is 0. The van der Waals surface area contributed by atoms with Gasteiger partial charge >= 0.3 is 48.1 Å². The fourth-order valence-electron chi connectivity index (χ4n) is 0. The van der Waals surface area contributed by atoms with Crippen molar-refractivity contribution < 1.29 is 61.6 Å². The number of rotatable bonds is 0. The van der Waals surface area contributed by atoms with E-state index in [-0.39, 0.29) is 35.3 Å². The van der Waals surface area contributed by atoms with E-state index in [1.807, 2.05) is 15.9 Å². The maximum absolute atomic E-state index is 11.0. The molecule has 0 radical (unpaired) electrons. The molecule has 0 rings (SSSR count). The topological polar surface area (TPSA) is 0 Å². The molecule has 0 saturated carbocycles. The van der Waals surface area contributed by atoms with Crippen LogP contribution in [0.2, 0.25) is 0 Å². The number of halogens is 8. The summed E-state index contributed by atoms with van der Waals surface area (Å²) >= 11 is 1.81. The quantitative estimate of drug-likeness (QED) is 0.430. The van der Waals surface area contributed by atoms with Crippen molar-refractivity contribution in [3.05, 3.63) is 21.3 Å². The van der Waals surface area contributed by atoms with Gasteiger partial charge in [0.25, 0.3) is 0 Å². The Bertz CT molecular complexity index is 145. The van der Waals surface area contributed by atoms with Crippen molar-refractivity contribution in [1.82, 2.24) is 0 Å². The van der Waals surface area contributed by atoms with Gasteiger partial charge in [0.05, 0.1) is 0 Å². The van der Waals surface area contributed by atoms with E-state index in [0.29, 0.717) is 0 Å². The van der Waals surface area contributed by atoms with Gasteiger partial charge in [-0.2, -0.15) is 13.2 Å². The normalized spacial score (nSPS) is 7.46. The van der Waals surface area contributed by atoms with Gasteiger partial charge in [0, 0.05) is 0 Å². The molecule has 74 valence electrons. The first-order valence-electron chi connectivity index (χ1n) is 2.18. The Hall–Kier alpha value is 0.643. The van der Waals surface area contributed by atoms with E-state index in [4.69, 9.17) is 0 Å². The first-order valence-corrected chi connectivity index (χ1v) is 4.45. The summed E-state index contributed by atoms with van der Waals surface area (Å²) < 4.78 is 61.6. The Balaban J connectivity index is -0.000000143. The average molecular weight is 387 g/mol. The standard InChI is InChI=1S/C2BrF3.C2F3.BrH.Zn/c3-1(4)2(5)6;3-1-2(4)5;;/h;;1H;/q;;;+1/p-1. The van der Waals surface area contributed by atoms with Crippen molar-refractivity contribution in [3.63, 3.8) is 0 Å². The third kappa shape index (κ3) is 19.2. The zero-order valence-electron chi connectivity index (χ0n) is 5.73. The van der Waals surface area contributed by atoms with Crippen LogP contribution in [-0.4, -0.2) is 0 Å². The molecule has 0 aliphatic heterocycles. The summed E-state index contributed by atoms with van der Waals surface area (Å²) in [6.07, 6.45) is -4.51. The molecule has 0 aromatic carbocycles. The van der Waals surface area contributed by atoms with Crippen molar-refractivity contribution in [1.29, 1.82) is 0 Å². The molecule has 13 heavy (non-hydrogen) atoms. The minimum Gasteiger partial charge on any atom is -1.00 e. The van der Waals surface area contributed by atoms with Gasteiger partial charge < -0.3 is 17.0 Å². The fraction of sp³-hybridized carbons (Fsp3) is 0. The summed E-state index contributed by atoms with van der Waals surface area (Å²) in [5.74, 6) is 0. The van der Waals surface area contributed by atoms with Gasteiger partial charge in [0.15, 0.2) is 0 Å². The van der Waals surface area contributed by atoms with Gasteiger partial charge in [-0.3, -0.25) is 0 Å². The molecule has 0 fully saturated rings. The van der Waals surface area contributed by atoms with E-state index in [1.165, 1.54) is 0 Å². The minimum absolute atomic E-state index is 0. The van der Waals surface area contributed by atoms with Gasteiger partial charge in [-0.15, -0.1) is 0 Å². The van der Waals surface area contributed by atoms with Crippen LogP contribution in [0, 0.1) is 0 Å². The van der Waals surface area contributed by atoms with Gasteiger partial charge in [-0.05, 0) is 15.9 Å². The fourth-order valence-corrected chi connectivity index (χ4v) is 0. The molecule has 0 nitrogen and oxygen atoms in total. The van der Waals surface area contributed by atoms with Gasteiger partial charge in [0.1, 0.15) is 0 Å². The Kier molecular flexibility index (Phi) is 15.9.